The minimum Gasteiger partial charge on any atom is -0.490 e. The Bertz CT molecular complexity index is 452. The molecule has 0 radical (unpaired) electrons. The van der Waals surface area contributed by atoms with Crippen LogP contribution in [0.5, 0.6) is 5.75 Å². The highest BCUT2D eigenvalue weighted by Gasteiger charge is 2.23. The maximum atomic E-state index is 11.8. The van der Waals surface area contributed by atoms with Gasteiger partial charge in [-0.15, -0.1) is 0 Å². The molecule has 1 aromatic rings. The van der Waals surface area contributed by atoms with Crippen LogP contribution in [0.2, 0.25) is 0 Å². The zero-order chi connectivity index (χ0) is 14.4. The van der Waals surface area contributed by atoms with E-state index in [1.54, 1.807) is 0 Å². The molecule has 2 rings (SSSR count). The molecule has 0 aliphatic carbocycles. The lowest BCUT2D eigenvalue weighted by Crippen LogP contribution is -2.08. The van der Waals surface area contributed by atoms with Gasteiger partial charge in [0.15, 0.2) is 5.78 Å². The van der Waals surface area contributed by atoms with Crippen molar-refractivity contribution >= 4 is 5.78 Å². The molecule has 0 amide bonds. The first-order valence-electron chi connectivity index (χ1n) is 7.22. The fourth-order valence-corrected chi connectivity index (χ4v) is 1.88. The molecular weight excluding hydrogens is 256 g/mol. The quantitative estimate of drug-likeness (QED) is 0.396. The molecule has 0 spiro atoms. The van der Waals surface area contributed by atoms with Gasteiger partial charge in [-0.3, -0.25) is 4.79 Å². The monoisotopic (exact) mass is 278 g/mol. The van der Waals surface area contributed by atoms with Gasteiger partial charge >= 0.3 is 0 Å². The molecule has 1 atom stereocenters. The largest absolute Gasteiger partial charge is 0.490 e. The Balaban J connectivity index is 2.08. The number of benzene rings is 1. The van der Waals surface area contributed by atoms with Crippen LogP contribution in [-0.2, 0) is 16.1 Å². The Labute approximate surface area is 120 Å². The van der Waals surface area contributed by atoms with Gasteiger partial charge in [0.1, 0.15) is 18.5 Å². The molecule has 0 saturated carbocycles. The van der Waals surface area contributed by atoms with Gasteiger partial charge in [-0.2, -0.15) is 0 Å². The third kappa shape index (κ3) is 4.32. The van der Waals surface area contributed by atoms with E-state index in [1.807, 2.05) is 25.1 Å². The second kappa shape index (κ2) is 7.41. The second-order valence-corrected chi connectivity index (χ2v) is 4.92. The molecule has 1 fully saturated rings. The van der Waals surface area contributed by atoms with Crippen LogP contribution in [0.15, 0.2) is 18.2 Å². The number of carbonyl (C=O) groups excluding carboxylic acids is 1. The molecule has 1 unspecified atom stereocenters. The van der Waals surface area contributed by atoms with Crippen LogP contribution in [0.1, 0.15) is 42.6 Å². The van der Waals surface area contributed by atoms with Crippen molar-refractivity contribution < 1.29 is 19.0 Å². The van der Waals surface area contributed by atoms with Crippen LogP contribution >= 0.6 is 0 Å². The van der Waals surface area contributed by atoms with E-state index in [0.717, 1.165) is 29.9 Å². The van der Waals surface area contributed by atoms with E-state index in [2.05, 4.69) is 6.92 Å². The number of ether oxygens (including phenoxy) is 3. The summed E-state index contributed by atoms with van der Waals surface area (Å²) in [5.74, 6) is 0.920. The lowest BCUT2D eigenvalue weighted by Gasteiger charge is -2.12. The summed E-state index contributed by atoms with van der Waals surface area (Å²) in [5.41, 5.74) is 1.65. The third-order valence-corrected chi connectivity index (χ3v) is 3.14. The van der Waals surface area contributed by atoms with E-state index in [0.29, 0.717) is 26.2 Å². The van der Waals surface area contributed by atoms with E-state index in [9.17, 15) is 4.79 Å². The Hall–Kier alpha value is -1.39. The summed E-state index contributed by atoms with van der Waals surface area (Å²) in [4.78, 5) is 11.8. The van der Waals surface area contributed by atoms with E-state index >= 15 is 0 Å². The summed E-state index contributed by atoms with van der Waals surface area (Å²) in [6.07, 6.45) is 1.70. The van der Waals surface area contributed by atoms with E-state index in [4.69, 9.17) is 14.2 Å². The highest BCUT2D eigenvalue weighted by Crippen LogP contribution is 2.23. The zero-order valence-corrected chi connectivity index (χ0v) is 12.2. The SMILES string of the molecule is CCCOCc1cc(C(=O)CC)ccc1OCC1CO1. The Morgan fingerprint density at radius 2 is 2.20 bits per heavy atom. The first-order chi connectivity index (χ1) is 9.74. The highest BCUT2D eigenvalue weighted by atomic mass is 16.6. The van der Waals surface area contributed by atoms with Crippen LogP contribution in [-0.4, -0.2) is 31.7 Å². The maximum Gasteiger partial charge on any atom is 0.162 e. The molecule has 1 heterocycles. The van der Waals surface area contributed by atoms with Crippen molar-refractivity contribution in [1.29, 1.82) is 0 Å². The van der Waals surface area contributed by atoms with Crippen molar-refractivity contribution in [3.63, 3.8) is 0 Å². The number of carbonyl (C=O) groups is 1. The Morgan fingerprint density at radius 1 is 1.40 bits per heavy atom. The summed E-state index contributed by atoms with van der Waals surface area (Å²) >= 11 is 0. The van der Waals surface area contributed by atoms with E-state index in [-0.39, 0.29) is 11.9 Å². The van der Waals surface area contributed by atoms with Crippen molar-refractivity contribution in [3.05, 3.63) is 29.3 Å². The van der Waals surface area contributed by atoms with Crippen molar-refractivity contribution in [3.8, 4) is 5.75 Å². The van der Waals surface area contributed by atoms with Crippen LogP contribution in [0.3, 0.4) is 0 Å². The summed E-state index contributed by atoms with van der Waals surface area (Å²) in [7, 11) is 0. The molecular formula is C16H22O4. The molecule has 1 aromatic carbocycles. The van der Waals surface area contributed by atoms with Gasteiger partial charge in [0.2, 0.25) is 0 Å². The van der Waals surface area contributed by atoms with Crippen molar-refractivity contribution in [2.24, 2.45) is 0 Å². The normalized spacial score (nSPS) is 17.0. The third-order valence-electron chi connectivity index (χ3n) is 3.14. The number of epoxide rings is 1. The fourth-order valence-electron chi connectivity index (χ4n) is 1.88. The molecule has 20 heavy (non-hydrogen) atoms. The molecule has 1 aliphatic rings. The molecule has 4 heteroatoms. The predicted octanol–water partition coefficient (Wildman–Crippen LogP) is 2.98. The predicted molar refractivity (Wildman–Crippen MR) is 76.2 cm³/mol. The molecule has 4 nitrogen and oxygen atoms in total. The van der Waals surface area contributed by atoms with Crippen molar-refractivity contribution in [2.45, 2.75) is 39.4 Å². The second-order valence-electron chi connectivity index (χ2n) is 4.92. The van der Waals surface area contributed by atoms with Crippen LogP contribution in [0.4, 0.5) is 0 Å². The molecule has 0 N–H and O–H groups in total. The van der Waals surface area contributed by atoms with Crippen LogP contribution in [0, 0.1) is 0 Å². The first kappa shape index (κ1) is 15.0. The highest BCUT2D eigenvalue weighted by molar-refractivity contribution is 5.96. The number of hydrogen-bond acceptors (Lipinski definition) is 4. The van der Waals surface area contributed by atoms with Crippen molar-refractivity contribution in [2.75, 3.05) is 19.8 Å². The van der Waals surface area contributed by atoms with Crippen LogP contribution < -0.4 is 4.74 Å². The average Bonchev–Trinajstić information content (AvgIpc) is 3.29. The van der Waals surface area contributed by atoms with E-state index < -0.39 is 0 Å². The van der Waals surface area contributed by atoms with Gasteiger partial charge in [-0.05, 0) is 24.6 Å². The Morgan fingerprint density at radius 3 is 2.85 bits per heavy atom. The lowest BCUT2D eigenvalue weighted by molar-refractivity contribution is 0.0987. The average molecular weight is 278 g/mol. The van der Waals surface area contributed by atoms with E-state index in [1.165, 1.54) is 0 Å². The lowest BCUT2D eigenvalue weighted by atomic mass is 10.1. The molecule has 1 saturated heterocycles. The molecule has 110 valence electrons. The minimum absolute atomic E-state index is 0.138. The number of hydrogen-bond donors (Lipinski definition) is 0. The minimum atomic E-state index is 0.138. The first-order valence-corrected chi connectivity index (χ1v) is 7.22. The van der Waals surface area contributed by atoms with Gasteiger partial charge in [0.25, 0.3) is 0 Å². The molecule has 0 aromatic heterocycles. The van der Waals surface area contributed by atoms with Gasteiger partial charge < -0.3 is 14.2 Å². The zero-order valence-electron chi connectivity index (χ0n) is 12.2. The number of ketones is 1. The Kier molecular flexibility index (Phi) is 5.56. The van der Waals surface area contributed by atoms with Crippen molar-refractivity contribution in [1.82, 2.24) is 0 Å². The topological polar surface area (TPSA) is 48.1 Å². The standard InChI is InChI=1S/C16H22O4/c1-3-7-18-9-13-8-12(15(17)4-2)5-6-16(13)20-11-14-10-19-14/h5-6,8,14H,3-4,7,9-11H2,1-2H3. The maximum absolute atomic E-state index is 11.8. The molecule has 1 aliphatic heterocycles. The van der Waals surface area contributed by atoms with Gasteiger partial charge in [-0.25, -0.2) is 0 Å². The fraction of sp³-hybridized carbons (Fsp3) is 0.562. The summed E-state index contributed by atoms with van der Waals surface area (Å²) in [6, 6.07) is 5.55. The van der Waals surface area contributed by atoms with Gasteiger partial charge in [-0.1, -0.05) is 13.8 Å². The number of Topliss-reactive ketones (excluding diaryl/α,β-unsaturated/α-hetero) is 1. The van der Waals surface area contributed by atoms with Crippen LogP contribution in [0.25, 0.3) is 0 Å². The smallest absolute Gasteiger partial charge is 0.162 e. The number of rotatable bonds is 9. The van der Waals surface area contributed by atoms with Gasteiger partial charge in [0, 0.05) is 24.2 Å². The van der Waals surface area contributed by atoms with Gasteiger partial charge in [0.05, 0.1) is 13.2 Å². The summed E-state index contributed by atoms with van der Waals surface area (Å²) in [5, 5.41) is 0. The molecule has 0 bridgehead atoms. The summed E-state index contributed by atoms with van der Waals surface area (Å²) in [6.45, 7) is 6.44. The summed E-state index contributed by atoms with van der Waals surface area (Å²) < 4.78 is 16.5.